The lowest BCUT2D eigenvalue weighted by atomic mass is 9.98. The maximum atomic E-state index is 11.7. The van der Waals surface area contributed by atoms with E-state index >= 15 is 0 Å². The molecule has 1 aliphatic rings. The molecule has 114 valence electrons. The van der Waals surface area contributed by atoms with Gasteiger partial charge in [0.25, 0.3) is 5.69 Å². The Balaban J connectivity index is 2.35. The van der Waals surface area contributed by atoms with E-state index in [4.69, 9.17) is 0 Å². The van der Waals surface area contributed by atoms with Crippen molar-refractivity contribution in [2.24, 2.45) is 0 Å². The molecule has 0 aliphatic carbocycles. The van der Waals surface area contributed by atoms with Crippen molar-refractivity contribution in [2.45, 2.75) is 26.3 Å². The molecule has 0 amide bonds. The van der Waals surface area contributed by atoms with Crippen molar-refractivity contribution >= 4 is 17.2 Å². The molecule has 0 saturated carbocycles. The lowest BCUT2D eigenvalue weighted by Gasteiger charge is -2.46. The summed E-state index contributed by atoms with van der Waals surface area (Å²) in [5.41, 5.74) is 0.942. The van der Waals surface area contributed by atoms with Gasteiger partial charge in [0.2, 0.25) is 0 Å². The number of carbonyl (C=O) groups excluding carboxylic acids is 1. The van der Waals surface area contributed by atoms with Gasteiger partial charge in [-0.2, -0.15) is 0 Å². The number of ketones is 1. The van der Waals surface area contributed by atoms with E-state index in [9.17, 15) is 14.9 Å². The molecule has 1 heterocycles. The van der Waals surface area contributed by atoms with Gasteiger partial charge in [-0.05, 0) is 40.0 Å². The largest absolute Gasteiger partial charge is 0.368 e. The Hall–Kier alpha value is -1.95. The van der Waals surface area contributed by atoms with Crippen LogP contribution in [0.25, 0.3) is 0 Å². The quantitative estimate of drug-likeness (QED) is 0.486. The fourth-order valence-corrected chi connectivity index (χ4v) is 2.62. The van der Waals surface area contributed by atoms with E-state index in [2.05, 4.69) is 30.7 Å². The summed E-state index contributed by atoms with van der Waals surface area (Å²) in [6, 6.07) is 4.80. The maximum Gasteiger partial charge on any atom is 0.280 e. The highest BCUT2D eigenvalue weighted by Crippen LogP contribution is 2.29. The summed E-state index contributed by atoms with van der Waals surface area (Å²) >= 11 is 0. The van der Waals surface area contributed by atoms with E-state index in [1.165, 1.54) is 13.0 Å². The molecule has 0 atom stereocenters. The van der Waals surface area contributed by atoms with Crippen molar-refractivity contribution < 1.29 is 9.72 Å². The number of nitro benzene ring substituents is 1. The molecule has 1 saturated heterocycles. The average Bonchev–Trinajstić information content (AvgIpc) is 2.41. The third-order valence-corrected chi connectivity index (χ3v) is 4.24. The molecule has 2 rings (SSSR count). The minimum Gasteiger partial charge on any atom is -0.368 e. The van der Waals surface area contributed by atoms with Crippen LogP contribution in [0.5, 0.6) is 0 Å². The van der Waals surface area contributed by atoms with Crippen molar-refractivity contribution in [2.75, 3.05) is 31.6 Å². The number of benzene rings is 1. The molecule has 0 N–H and O–H groups in total. The molecule has 1 aliphatic heterocycles. The lowest BCUT2D eigenvalue weighted by molar-refractivity contribution is -0.385. The zero-order chi connectivity index (χ0) is 15.8. The minimum atomic E-state index is -0.506. The molecule has 0 spiro atoms. The number of anilines is 1. The molecule has 0 bridgehead atoms. The van der Waals surface area contributed by atoms with E-state index in [0.717, 1.165) is 25.3 Å². The van der Waals surface area contributed by atoms with Crippen molar-refractivity contribution in [1.82, 2.24) is 4.90 Å². The van der Waals surface area contributed by atoms with E-state index < -0.39 is 4.92 Å². The Morgan fingerprint density at radius 1 is 1.33 bits per heavy atom. The summed E-state index contributed by atoms with van der Waals surface area (Å²) in [4.78, 5) is 26.6. The SMILES string of the molecule is CC(=O)c1cc(N2CCN(C)C(C)(C)C2)ccc1[N+](=O)[O-]. The molecule has 6 heteroatoms. The third-order valence-electron chi connectivity index (χ3n) is 4.24. The Kier molecular flexibility index (Phi) is 4.00. The highest BCUT2D eigenvalue weighted by molar-refractivity contribution is 5.99. The number of hydrogen-bond acceptors (Lipinski definition) is 5. The Labute approximate surface area is 124 Å². The number of Topliss-reactive ketones (excluding diaryl/α,β-unsaturated/α-hetero) is 1. The van der Waals surface area contributed by atoms with Crippen LogP contribution in [0, 0.1) is 10.1 Å². The number of nitro groups is 1. The van der Waals surface area contributed by atoms with Gasteiger partial charge in [-0.1, -0.05) is 0 Å². The molecule has 21 heavy (non-hydrogen) atoms. The molecule has 0 radical (unpaired) electrons. The average molecular weight is 291 g/mol. The number of nitrogens with zero attached hydrogens (tertiary/aromatic N) is 3. The van der Waals surface area contributed by atoms with Crippen LogP contribution in [0.15, 0.2) is 18.2 Å². The zero-order valence-electron chi connectivity index (χ0n) is 12.9. The molecular formula is C15H21N3O3. The summed E-state index contributed by atoms with van der Waals surface area (Å²) in [6.07, 6.45) is 0. The molecule has 1 fully saturated rings. The van der Waals surface area contributed by atoms with E-state index in [1.54, 1.807) is 12.1 Å². The molecule has 6 nitrogen and oxygen atoms in total. The molecule has 0 aromatic heterocycles. The summed E-state index contributed by atoms with van der Waals surface area (Å²) in [7, 11) is 2.09. The molecule has 1 aromatic carbocycles. The predicted octanol–water partition coefficient (Wildman–Crippen LogP) is 2.33. The monoisotopic (exact) mass is 291 g/mol. The topological polar surface area (TPSA) is 66.7 Å². The van der Waals surface area contributed by atoms with Gasteiger partial charge in [-0.15, -0.1) is 0 Å². The van der Waals surface area contributed by atoms with Gasteiger partial charge in [-0.3, -0.25) is 19.8 Å². The van der Waals surface area contributed by atoms with Gasteiger partial charge < -0.3 is 4.90 Å². The Morgan fingerprint density at radius 2 is 2.00 bits per heavy atom. The van der Waals surface area contributed by atoms with Gasteiger partial charge in [-0.25, -0.2) is 0 Å². The van der Waals surface area contributed by atoms with Crippen LogP contribution in [0.1, 0.15) is 31.1 Å². The summed E-state index contributed by atoms with van der Waals surface area (Å²) in [6.45, 7) is 8.26. The first kappa shape index (κ1) is 15.4. The first-order chi connectivity index (χ1) is 9.72. The molecular weight excluding hydrogens is 270 g/mol. The van der Waals surface area contributed by atoms with Crippen molar-refractivity contribution in [3.63, 3.8) is 0 Å². The van der Waals surface area contributed by atoms with Crippen LogP contribution >= 0.6 is 0 Å². The van der Waals surface area contributed by atoms with Gasteiger partial charge in [0.05, 0.1) is 10.5 Å². The van der Waals surface area contributed by atoms with Crippen molar-refractivity contribution in [3.05, 3.63) is 33.9 Å². The fraction of sp³-hybridized carbons (Fsp3) is 0.533. The van der Waals surface area contributed by atoms with Gasteiger partial charge in [0, 0.05) is 36.9 Å². The fourth-order valence-electron chi connectivity index (χ4n) is 2.62. The van der Waals surface area contributed by atoms with Crippen molar-refractivity contribution in [3.8, 4) is 0 Å². The zero-order valence-corrected chi connectivity index (χ0v) is 12.9. The Bertz CT molecular complexity index is 584. The van der Waals surface area contributed by atoms with Crippen LogP contribution in [0.4, 0.5) is 11.4 Å². The predicted molar refractivity (Wildman–Crippen MR) is 82.0 cm³/mol. The van der Waals surface area contributed by atoms with Gasteiger partial charge >= 0.3 is 0 Å². The lowest BCUT2D eigenvalue weighted by Crippen LogP contribution is -2.57. The Morgan fingerprint density at radius 3 is 2.52 bits per heavy atom. The first-order valence-electron chi connectivity index (χ1n) is 6.98. The minimum absolute atomic E-state index is 0.0242. The van der Waals surface area contributed by atoms with E-state index in [-0.39, 0.29) is 22.6 Å². The van der Waals surface area contributed by atoms with Crippen LogP contribution < -0.4 is 4.90 Å². The maximum absolute atomic E-state index is 11.7. The standard InChI is InChI=1S/C15H21N3O3/c1-11(19)13-9-12(5-6-14(13)18(20)21)17-8-7-16(4)15(2,3)10-17/h5-6,9H,7-8,10H2,1-4H3. The third kappa shape index (κ3) is 3.05. The van der Waals surface area contributed by atoms with Crippen LogP contribution in [-0.4, -0.2) is 47.8 Å². The smallest absolute Gasteiger partial charge is 0.280 e. The number of hydrogen-bond donors (Lipinski definition) is 0. The van der Waals surface area contributed by atoms with E-state index in [1.807, 2.05) is 0 Å². The van der Waals surface area contributed by atoms with Crippen molar-refractivity contribution in [1.29, 1.82) is 0 Å². The van der Waals surface area contributed by atoms with Gasteiger partial charge in [0.15, 0.2) is 5.78 Å². The second kappa shape index (κ2) is 5.44. The van der Waals surface area contributed by atoms with Crippen LogP contribution in [0.2, 0.25) is 0 Å². The van der Waals surface area contributed by atoms with Crippen LogP contribution in [-0.2, 0) is 0 Å². The van der Waals surface area contributed by atoms with E-state index in [0.29, 0.717) is 0 Å². The molecule has 1 aromatic rings. The first-order valence-corrected chi connectivity index (χ1v) is 6.98. The highest BCUT2D eigenvalue weighted by Gasteiger charge is 2.31. The highest BCUT2D eigenvalue weighted by atomic mass is 16.6. The summed E-state index contributed by atoms with van der Waals surface area (Å²) in [5.74, 6) is -0.281. The second-order valence-corrected chi connectivity index (χ2v) is 6.17. The number of piperazine rings is 1. The molecule has 0 unspecified atom stereocenters. The van der Waals surface area contributed by atoms with Gasteiger partial charge in [0.1, 0.15) is 0 Å². The number of rotatable bonds is 3. The van der Waals surface area contributed by atoms with Crippen LogP contribution in [0.3, 0.4) is 0 Å². The summed E-state index contributed by atoms with van der Waals surface area (Å²) < 4.78 is 0. The number of carbonyl (C=O) groups is 1. The normalized spacial score (nSPS) is 18.6. The second-order valence-electron chi connectivity index (χ2n) is 6.17. The summed E-state index contributed by atoms with van der Waals surface area (Å²) in [5, 5.41) is 11.0. The number of likely N-dealkylation sites (N-methyl/N-ethyl adjacent to an activating group) is 1.